The van der Waals surface area contributed by atoms with E-state index in [1.54, 1.807) is 6.20 Å². The molecule has 0 aliphatic rings. The summed E-state index contributed by atoms with van der Waals surface area (Å²) in [6.07, 6.45) is 3.63. The van der Waals surface area contributed by atoms with Crippen LogP contribution < -0.4 is 5.32 Å². The van der Waals surface area contributed by atoms with E-state index in [1.165, 1.54) is 23.1 Å². The lowest BCUT2D eigenvalue weighted by molar-refractivity contribution is -0.133. The van der Waals surface area contributed by atoms with Gasteiger partial charge in [0.05, 0.1) is 12.3 Å². The number of anilines is 1. The molecule has 1 unspecified atom stereocenters. The molecule has 2 aromatic rings. The summed E-state index contributed by atoms with van der Waals surface area (Å²) in [4.78, 5) is 10.4. The molecule has 0 aliphatic carbocycles. The smallest absolute Gasteiger partial charge is 0.313 e. The highest BCUT2D eigenvalue weighted by Crippen LogP contribution is 2.25. The predicted molar refractivity (Wildman–Crippen MR) is 73.6 cm³/mol. The Hall–Kier alpha value is -1.61. The molecule has 0 fully saturated rings. The second-order valence-corrected chi connectivity index (χ2v) is 6.03. The maximum Gasteiger partial charge on any atom is 0.313 e. The van der Waals surface area contributed by atoms with Crippen LogP contribution in [0.15, 0.2) is 22.8 Å². The van der Waals surface area contributed by atoms with E-state index in [1.807, 2.05) is 23.9 Å². The van der Waals surface area contributed by atoms with Gasteiger partial charge < -0.3 is 10.4 Å². The minimum Gasteiger partial charge on any atom is -0.481 e. The minimum absolute atomic E-state index is 0.00251. The summed E-state index contributed by atoms with van der Waals surface area (Å²) in [5.74, 6) is -0.862. The van der Waals surface area contributed by atoms with Crippen molar-refractivity contribution in [1.82, 2.24) is 20.0 Å². The normalized spacial score (nSPS) is 12.3. The monoisotopic (exact) mass is 299 g/mol. The lowest BCUT2D eigenvalue weighted by Crippen LogP contribution is -2.22. The number of aliphatic carboxylic acids is 1. The SMILES string of the molecule is CC(Cn1cccn1)Nc1nnc(SCC(=O)O)s1. The molecule has 0 amide bonds. The first kappa shape index (κ1) is 13.8. The van der Waals surface area contributed by atoms with Crippen molar-refractivity contribution in [2.45, 2.75) is 23.8 Å². The second kappa shape index (κ2) is 6.53. The maximum atomic E-state index is 10.4. The van der Waals surface area contributed by atoms with Gasteiger partial charge in [-0.1, -0.05) is 23.1 Å². The quantitative estimate of drug-likeness (QED) is 0.747. The maximum absolute atomic E-state index is 10.4. The van der Waals surface area contributed by atoms with Gasteiger partial charge in [-0.2, -0.15) is 5.10 Å². The Morgan fingerprint density at radius 2 is 2.47 bits per heavy atom. The molecule has 2 rings (SSSR count). The van der Waals surface area contributed by atoms with Crippen molar-refractivity contribution in [3.63, 3.8) is 0 Å². The zero-order valence-corrected chi connectivity index (χ0v) is 11.8. The predicted octanol–water partition coefficient (Wildman–Crippen LogP) is 1.41. The summed E-state index contributed by atoms with van der Waals surface area (Å²) in [5.41, 5.74) is 0. The van der Waals surface area contributed by atoms with E-state index in [0.717, 1.165) is 6.54 Å². The van der Waals surface area contributed by atoms with Crippen molar-refractivity contribution >= 4 is 34.2 Å². The van der Waals surface area contributed by atoms with E-state index in [2.05, 4.69) is 20.6 Å². The first-order chi connectivity index (χ1) is 9.13. The van der Waals surface area contributed by atoms with Crippen molar-refractivity contribution < 1.29 is 9.90 Å². The standard InChI is InChI=1S/C10H13N5O2S2/c1-7(5-15-4-2-3-11-15)12-9-13-14-10(19-9)18-6-8(16)17/h2-4,7H,5-6H2,1H3,(H,12,13)(H,16,17). The third kappa shape index (κ3) is 4.52. The molecule has 9 heteroatoms. The molecule has 0 spiro atoms. The molecule has 2 heterocycles. The molecule has 0 saturated carbocycles. The van der Waals surface area contributed by atoms with Gasteiger partial charge in [-0.15, -0.1) is 10.2 Å². The molecule has 19 heavy (non-hydrogen) atoms. The van der Waals surface area contributed by atoms with Crippen molar-refractivity contribution in [2.24, 2.45) is 0 Å². The molecular formula is C10H13N5O2S2. The van der Waals surface area contributed by atoms with E-state index in [0.29, 0.717) is 9.47 Å². The Kier molecular flexibility index (Phi) is 4.74. The van der Waals surface area contributed by atoms with Crippen LogP contribution in [0.3, 0.4) is 0 Å². The number of nitrogens with one attached hydrogen (secondary N) is 1. The highest BCUT2D eigenvalue weighted by molar-refractivity contribution is 8.01. The zero-order chi connectivity index (χ0) is 13.7. The summed E-state index contributed by atoms with van der Waals surface area (Å²) < 4.78 is 2.48. The fourth-order valence-corrected chi connectivity index (χ4v) is 2.98. The lowest BCUT2D eigenvalue weighted by atomic mass is 10.3. The summed E-state index contributed by atoms with van der Waals surface area (Å²) in [7, 11) is 0. The van der Waals surface area contributed by atoms with Gasteiger partial charge in [0, 0.05) is 18.4 Å². The number of carbonyl (C=O) groups is 1. The average molecular weight is 299 g/mol. The van der Waals surface area contributed by atoms with Crippen LogP contribution in [-0.4, -0.2) is 42.8 Å². The molecule has 102 valence electrons. The molecule has 0 radical (unpaired) electrons. The van der Waals surface area contributed by atoms with Gasteiger partial charge in [0.1, 0.15) is 0 Å². The Labute approximate surface area is 118 Å². The fourth-order valence-electron chi connectivity index (χ4n) is 1.40. The third-order valence-corrected chi connectivity index (χ3v) is 4.09. The summed E-state index contributed by atoms with van der Waals surface area (Å²) in [6.45, 7) is 2.75. The van der Waals surface area contributed by atoms with Crippen LogP contribution in [-0.2, 0) is 11.3 Å². The number of nitrogens with zero attached hydrogens (tertiary/aromatic N) is 4. The number of rotatable bonds is 7. The second-order valence-electron chi connectivity index (χ2n) is 3.83. The molecule has 2 aromatic heterocycles. The van der Waals surface area contributed by atoms with E-state index in [4.69, 9.17) is 5.11 Å². The van der Waals surface area contributed by atoms with Gasteiger partial charge in [0.25, 0.3) is 0 Å². The molecule has 0 aromatic carbocycles. The van der Waals surface area contributed by atoms with Crippen molar-refractivity contribution in [1.29, 1.82) is 0 Å². The fraction of sp³-hybridized carbons (Fsp3) is 0.400. The topological polar surface area (TPSA) is 92.9 Å². The van der Waals surface area contributed by atoms with Gasteiger partial charge >= 0.3 is 5.97 Å². The van der Waals surface area contributed by atoms with Crippen molar-refractivity contribution in [3.8, 4) is 0 Å². The first-order valence-corrected chi connectivity index (χ1v) is 7.36. The van der Waals surface area contributed by atoms with E-state index in [9.17, 15) is 4.79 Å². The van der Waals surface area contributed by atoms with Crippen LogP contribution in [0, 0.1) is 0 Å². The van der Waals surface area contributed by atoms with E-state index in [-0.39, 0.29) is 11.8 Å². The van der Waals surface area contributed by atoms with Gasteiger partial charge in [-0.05, 0) is 13.0 Å². The largest absolute Gasteiger partial charge is 0.481 e. The van der Waals surface area contributed by atoms with Gasteiger partial charge in [0.2, 0.25) is 5.13 Å². The highest BCUT2D eigenvalue weighted by Gasteiger charge is 2.10. The van der Waals surface area contributed by atoms with Gasteiger partial charge in [0.15, 0.2) is 4.34 Å². The molecular weight excluding hydrogens is 286 g/mol. The van der Waals surface area contributed by atoms with Crippen molar-refractivity contribution in [2.75, 3.05) is 11.1 Å². The first-order valence-electron chi connectivity index (χ1n) is 5.55. The number of aromatic nitrogens is 4. The zero-order valence-electron chi connectivity index (χ0n) is 10.2. The molecule has 0 saturated heterocycles. The van der Waals surface area contributed by atoms with Crippen LogP contribution in [0.2, 0.25) is 0 Å². The van der Waals surface area contributed by atoms with E-state index >= 15 is 0 Å². The molecule has 0 bridgehead atoms. The van der Waals surface area contributed by atoms with Crippen LogP contribution >= 0.6 is 23.1 Å². The molecule has 1 atom stereocenters. The van der Waals surface area contributed by atoms with Crippen LogP contribution in [0.1, 0.15) is 6.92 Å². The van der Waals surface area contributed by atoms with Crippen LogP contribution in [0.4, 0.5) is 5.13 Å². The van der Waals surface area contributed by atoms with Crippen LogP contribution in [0.5, 0.6) is 0 Å². The number of hydrogen-bond donors (Lipinski definition) is 2. The van der Waals surface area contributed by atoms with Crippen molar-refractivity contribution in [3.05, 3.63) is 18.5 Å². The lowest BCUT2D eigenvalue weighted by Gasteiger charge is -2.11. The highest BCUT2D eigenvalue weighted by atomic mass is 32.2. The Morgan fingerprint density at radius 3 is 3.16 bits per heavy atom. The number of carboxylic acid groups (broad SMARTS) is 1. The molecule has 0 aliphatic heterocycles. The average Bonchev–Trinajstić information content (AvgIpc) is 2.98. The molecule has 2 N–H and O–H groups in total. The van der Waals surface area contributed by atoms with Gasteiger partial charge in [-0.3, -0.25) is 9.48 Å². The Balaban J connectivity index is 1.83. The number of thioether (sulfide) groups is 1. The number of hydrogen-bond acceptors (Lipinski definition) is 7. The molecule has 7 nitrogen and oxygen atoms in total. The minimum atomic E-state index is -0.859. The Bertz CT molecular complexity index is 528. The van der Waals surface area contributed by atoms with Crippen LogP contribution in [0.25, 0.3) is 0 Å². The summed E-state index contributed by atoms with van der Waals surface area (Å²) in [5, 5.41) is 24.5. The summed E-state index contributed by atoms with van der Waals surface area (Å²) in [6, 6.07) is 2.03. The Morgan fingerprint density at radius 1 is 1.63 bits per heavy atom. The van der Waals surface area contributed by atoms with Gasteiger partial charge in [-0.25, -0.2) is 0 Å². The summed E-state index contributed by atoms with van der Waals surface area (Å²) >= 11 is 2.52. The number of carboxylic acids is 1. The van der Waals surface area contributed by atoms with E-state index < -0.39 is 5.97 Å². The third-order valence-electron chi connectivity index (χ3n) is 2.12.